The molecule has 110 valence electrons. The molecule has 0 aliphatic carbocycles. The number of anilines is 1. The van der Waals surface area contributed by atoms with Crippen LogP contribution in [0.25, 0.3) is 0 Å². The van der Waals surface area contributed by atoms with Gasteiger partial charge in [-0.25, -0.2) is 0 Å². The molecule has 1 amide bonds. The van der Waals surface area contributed by atoms with E-state index in [0.717, 1.165) is 26.3 Å². The number of hydrogen-bond donors (Lipinski definition) is 1. The summed E-state index contributed by atoms with van der Waals surface area (Å²) < 4.78 is 0. The van der Waals surface area contributed by atoms with Gasteiger partial charge in [0, 0.05) is 27.0 Å². The molecule has 0 aliphatic rings. The molecule has 0 aliphatic heterocycles. The first-order valence-corrected chi connectivity index (χ1v) is 9.09. The van der Waals surface area contributed by atoms with Crippen molar-refractivity contribution < 1.29 is 4.79 Å². The SMILES string of the molecule is CSc1ccccc1NC(=O)CCSc1ccc(Cl)cc1. The highest BCUT2D eigenvalue weighted by molar-refractivity contribution is 7.99. The minimum absolute atomic E-state index is 0.0398. The molecule has 21 heavy (non-hydrogen) atoms. The predicted octanol–water partition coefficient (Wildman–Crippen LogP) is 5.18. The van der Waals surface area contributed by atoms with E-state index in [1.54, 1.807) is 23.5 Å². The first-order valence-electron chi connectivity index (χ1n) is 6.50. The molecule has 0 heterocycles. The lowest BCUT2D eigenvalue weighted by atomic mass is 10.3. The number of para-hydroxylation sites is 1. The first kappa shape index (κ1) is 16.3. The first-order chi connectivity index (χ1) is 10.2. The summed E-state index contributed by atoms with van der Waals surface area (Å²) in [7, 11) is 0. The van der Waals surface area contributed by atoms with Crippen LogP contribution in [0.4, 0.5) is 5.69 Å². The lowest BCUT2D eigenvalue weighted by Crippen LogP contribution is -2.12. The van der Waals surface area contributed by atoms with Gasteiger partial charge in [0.2, 0.25) is 5.91 Å². The van der Waals surface area contributed by atoms with Gasteiger partial charge >= 0.3 is 0 Å². The second-order valence-electron chi connectivity index (χ2n) is 4.30. The number of nitrogens with one attached hydrogen (secondary N) is 1. The Morgan fingerprint density at radius 2 is 1.86 bits per heavy atom. The predicted molar refractivity (Wildman–Crippen MR) is 93.6 cm³/mol. The second kappa shape index (κ2) is 8.37. The van der Waals surface area contributed by atoms with Crippen molar-refractivity contribution in [3.05, 3.63) is 53.6 Å². The average molecular weight is 338 g/mol. The number of benzene rings is 2. The Morgan fingerprint density at radius 3 is 2.57 bits per heavy atom. The Bertz CT molecular complexity index is 601. The minimum Gasteiger partial charge on any atom is -0.325 e. The molecule has 5 heteroatoms. The van der Waals surface area contributed by atoms with Crippen LogP contribution in [0.5, 0.6) is 0 Å². The Balaban J connectivity index is 1.81. The number of amides is 1. The van der Waals surface area contributed by atoms with Gasteiger partial charge in [0.1, 0.15) is 0 Å². The molecule has 0 saturated carbocycles. The van der Waals surface area contributed by atoms with Gasteiger partial charge in [-0.05, 0) is 42.7 Å². The Morgan fingerprint density at radius 1 is 1.14 bits per heavy atom. The summed E-state index contributed by atoms with van der Waals surface area (Å²) in [4.78, 5) is 14.2. The minimum atomic E-state index is 0.0398. The Labute approximate surface area is 138 Å². The number of rotatable bonds is 6. The van der Waals surface area contributed by atoms with Crippen LogP contribution in [0.3, 0.4) is 0 Å². The summed E-state index contributed by atoms with van der Waals surface area (Å²) in [5.74, 6) is 0.785. The third-order valence-electron chi connectivity index (χ3n) is 2.79. The van der Waals surface area contributed by atoms with Crippen molar-refractivity contribution in [2.75, 3.05) is 17.3 Å². The maximum Gasteiger partial charge on any atom is 0.225 e. The van der Waals surface area contributed by atoms with Crippen LogP contribution in [-0.4, -0.2) is 17.9 Å². The van der Waals surface area contributed by atoms with Gasteiger partial charge in [0.15, 0.2) is 0 Å². The monoisotopic (exact) mass is 337 g/mol. The van der Waals surface area contributed by atoms with Gasteiger partial charge < -0.3 is 5.32 Å². The van der Waals surface area contributed by atoms with Crippen LogP contribution in [0.2, 0.25) is 5.02 Å². The van der Waals surface area contributed by atoms with Gasteiger partial charge in [-0.15, -0.1) is 23.5 Å². The summed E-state index contributed by atoms with van der Waals surface area (Å²) in [6.45, 7) is 0. The molecule has 2 rings (SSSR count). The largest absolute Gasteiger partial charge is 0.325 e. The molecule has 0 fully saturated rings. The average Bonchev–Trinajstić information content (AvgIpc) is 2.50. The van der Waals surface area contributed by atoms with E-state index in [4.69, 9.17) is 11.6 Å². The molecule has 0 atom stereocenters. The van der Waals surface area contributed by atoms with Crippen LogP contribution in [0.1, 0.15) is 6.42 Å². The van der Waals surface area contributed by atoms with E-state index in [1.165, 1.54) is 0 Å². The highest BCUT2D eigenvalue weighted by Crippen LogP contribution is 2.25. The molecule has 0 saturated heterocycles. The van der Waals surface area contributed by atoms with E-state index in [9.17, 15) is 4.79 Å². The summed E-state index contributed by atoms with van der Waals surface area (Å²) in [5.41, 5.74) is 0.881. The molecule has 2 aromatic carbocycles. The molecule has 2 nitrogen and oxygen atoms in total. The van der Waals surface area contributed by atoms with Crippen LogP contribution >= 0.6 is 35.1 Å². The fourth-order valence-corrected chi connectivity index (χ4v) is 3.28. The van der Waals surface area contributed by atoms with Gasteiger partial charge in [-0.2, -0.15) is 0 Å². The molecule has 0 radical (unpaired) electrons. The van der Waals surface area contributed by atoms with Crippen LogP contribution in [0, 0.1) is 0 Å². The smallest absolute Gasteiger partial charge is 0.225 e. The molecule has 0 aromatic heterocycles. The van der Waals surface area contributed by atoms with Gasteiger partial charge in [-0.1, -0.05) is 23.7 Å². The fourth-order valence-electron chi connectivity index (χ4n) is 1.75. The van der Waals surface area contributed by atoms with E-state index in [2.05, 4.69) is 5.32 Å². The molecule has 0 unspecified atom stereocenters. The van der Waals surface area contributed by atoms with Crippen LogP contribution in [-0.2, 0) is 4.79 Å². The molecule has 1 N–H and O–H groups in total. The summed E-state index contributed by atoms with van der Waals surface area (Å²) in [6.07, 6.45) is 2.48. The third kappa shape index (κ3) is 5.30. The highest BCUT2D eigenvalue weighted by atomic mass is 35.5. The normalized spacial score (nSPS) is 10.4. The molecule has 0 spiro atoms. The van der Waals surface area contributed by atoms with Crippen molar-refractivity contribution in [2.24, 2.45) is 0 Å². The zero-order valence-corrected chi connectivity index (χ0v) is 14.0. The fraction of sp³-hybridized carbons (Fsp3) is 0.188. The standard InChI is InChI=1S/C16H16ClNOS2/c1-20-15-5-3-2-4-14(15)18-16(19)10-11-21-13-8-6-12(17)7-9-13/h2-9H,10-11H2,1H3,(H,18,19). The summed E-state index contributed by atoms with van der Waals surface area (Å²) in [5, 5.41) is 3.69. The van der Waals surface area contributed by atoms with Crippen molar-refractivity contribution in [1.82, 2.24) is 0 Å². The zero-order chi connectivity index (χ0) is 15.1. The summed E-state index contributed by atoms with van der Waals surface area (Å²) >= 11 is 9.12. The highest BCUT2D eigenvalue weighted by Gasteiger charge is 2.06. The molecule has 2 aromatic rings. The number of carbonyl (C=O) groups is 1. The Hall–Kier alpha value is -1.10. The molecule has 0 bridgehead atoms. The second-order valence-corrected chi connectivity index (χ2v) is 6.75. The van der Waals surface area contributed by atoms with Crippen molar-refractivity contribution in [3.8, 4) is 0 Å². The van der Waals surface area contributed by atoms with E-state index in [1.807, 2.05) is 54.8 Å². The van der Waals surface area contributed by atoms with E-state index < -0.39 is 0 Å². The zero-order valence-electron chi connectivity index (χ0n) is 11.6. The van der Waals surface area contributed by atoms with Crippen molar-refractivity contribution >= 4 is 46.7 Å². The summed E-state index contributed by atoms with van der Waals surface area (Å²) in [6, 6.07) is 15.5. The van der Waals surface area contributed by atoms with Crippen LogP contribution in [0.15, 0.2) is 58.3 Å². The van der Waals surface area contributed by atoms with E-state index >= 15 is 0 Å². The van der Waals surface area contributed by atoms with Crippen molar-refractivity contribution in [3.63, 3.8) is 0 Å². The quantitative estimate of drug-likeness (QED) is 0.736. The number of thioether (sulfide) groups is 2. The number of hydrogen-bond acceptors (Lipinski definition) is 3. The van der Waals surface area contributed by atoms with E-state index in [-0.39, 0.29) is 5.91 Å². The van der Waals surface area contributed by atoms with Gasteiger partial charge in [-0.3, -0.25) is 4.79 Å². The number of halogens is 1. The van der Waals surface area contributed by atoms with Gasteiger partial charge in [0.25, 0.3) is 0 Å². The Kier molecular flexibility index (Phi) is 6.49. The van der Waals surface area contributed by atoms with Crippen molar-refractivity contribution in [1.29, 1.82) is 0 Å². The van der Waals surface area contributed by atoms with E-state index in [0.29, 0.717) is 6.42 Å². The maximum atomic E-state index is 12.0. The van der Waals surface area contributed by atoms with Crippen LogP contribution < -0.4 is 5.32 Å². The van der Waals surface area contributed by atoms with Gasteiger partial charge in [0.05, 0.1) is 5.69 Å². The topological polar surface area (TPSA) is 29.1 Å². The third-order valence-corrected chi connectivity index (χ3v) is 4.85. The lowest BCUT2D eigenvalue weighted by Gasteiger charge is -2.09. The molecular weight excluding hydrogens is 322 g/mol. The maximum absolute atomic E-state index is 12.0. The van der Waals surface area contributed by atoms with Crippen molar-refractivity contribution in [2.45, 2.75) is 16.2 Å². The number of carbonyl (C=O) groups excluding carboxylic acids is 1. The molecular formula is C16H16ClNOS2. The lowest BCUT2D eigenvalue weighted by molar-refractivity contribution is -0.115.